The Morgan fingerprint density at radius 3 is 2.50 bits per heavy atom. The number of hydrogen-bond acceptors (Lipinski definition) is 3. The van der Waals surface area contributed by atoms with Gasteiger partial charge in [0.1, 0.15) is 11.3 Å². The molecule has 1 saturated heterocycles. The van der Waals surface area contributed by atoms with Gasteiger partial charge in [0, 0.05) is 12.5 Å². The quantitative estimate of drug-likeness (QED) is 0.902. The van der Waals surface area contributed by atoms with Gasteiger partial charge < -0.3 is 10.5 Å². The number of likely N-dealkylation sites (tertiary alicyclic amines) is 1. The number of piperidine rings is 1. The van der Waals surface area contributed by atoms with Crippen LogP contribution in [0.15, 0.2) is 30.3 Å². The summed E-state index contributed by atoms with van der Waals surface area (Å²) in [7, 11) is 0. The molecule has 122 valence electrons. The summed E-state index contributed by atoms with van der Waals surface area (Å²) in [5.74, 6) is 0.0570. The summed E-state index contributed by atoms with van der Waals surface area (Å²) >= 11 is 0. The molecule has 2 rings (SSSR count). The largest absolute Gasteiger partial charge is 0.444 e. The lowest BCUT2D eigenvalue weighted by molar-refractivity contribution is -0.0212. The summed E-state index contributed by atoms with van der Waals surface area (Å²) in [6.07, 6.45) is 2.49. The Balaban J connectivity index is 2.26. The van der Waals surface area contributed by atoms with Gasteiger partial charge in [-0.15, -0.1) is 0 Å². The van der Waals surface area contributed by atoms with Crippen molar-refractivity contribution in [2.45, 2.75) is 64.1 Å². The van der Waals surface area contributed by atoms with E-state index in [0.29, 0.717) is 6.54 Å². The minimum Gasteiger partial charge on any atom is -0.444 e. The number of rotatable bonds is 2. The lowest BCUT2D eigenvalue weighted by Gasteiger charge is -2.48. The molecule has 0 saturated carbocycles. The molecule has 0 spiro atoms. The second-order valence-electron chi connectivity index (χ2n) is 7.21. The highest BCUT2D eigenvalue weighted by Crippen LogP contribution is 2.37. The van der Waals surface area contributed by atoms with E-state index in [1.165, 1.54) is 0 Å². The van der Waals surface area contributed by atoms with E-state index in [-0.39, 0.29) is 12.0 Å². The first-order valence-electron chi connectivity index (χ1n) is 8.08. The van der Waals surface area contributed by atoms with E-state index in [1.807, 2.05) is 39.0 Å². The van der Waals surface area contributed by atoms with E-state index in [0.717, 1.165) is 24.8 Å². The van der Waals surface area contributed by atoms with E-state index in [1.54, 1.807) is 4.90 Å². The van der Waals surface area contributed by atoms with Crippen molar-refractivity contribution in [3.05, 3.63) is 35.9 Å². The first-order valence-corrected chi connectivity index (χ1v) is 8.08. The molecule has 2 unspecified atom stereocenters. The molecule has 1 amide bonds. The molecular weight excluding hydrogens is 276 g/mol. The third-order valence-corrected chi connectivity index (χ3v) is 4.37. The highest BCUT2D eigenvalue weighted by Gasteiger charge is 2.44. The zero-order chi connectivity index (χ0) is 16.4. The van der Waals surface area contributed by atoms with E-state index < -0.39 is 11.3 Å². The van der Waals surface area contributed by atoms with Crippen LogP contribution in [-0.4, -0.2) is 28.8 Å². The van der Waals surface area contributed by atoms with Crippen LogP contribution in [0.4, 0.5) is 4.79 Å². The summed E-state index contributed by atoms with van der Waals surface area (Å²) in [5.41, 5.74) is 6.68. The van der Waals surface area contributed by atoms with Crippen LogP contribution in [0.5, 0.6) is 0 Å². The van der Waals surface area contributed by atoms with Gasteiger partial charge in [-0.05, 0) is 45.6 Å². The topological polar surface area (TPSA) is 55.6 Å². The Morgan fingerprint density at radius 1 is 1.27 bits per heavy atom. The summed E-state index contributed by atoms with van der Waals surface area (Å²) in [6.45, 7) is 8.40. The Morgan fingerprint density at radius 2 is 1.91 bits per heavy atom. The smallest absolute Gasteiger partial charge is 0.411 e. The third-order valence-electron chi connectivity index (χ3n) is 4.37. The third kappa shape index (κ3) is 3.61. The number of nitrogens with zero attached hydrogens (tertiary/aromatic N) is 1. The molecule has 1 aliphatic rings. The SMILES string of the molecule is CC(c1ccccc1)C1(N)CCCCN1C(=O)OC(C)(C)C. The maximum Gasteiger partial charge on any atom is 0.411 e. The minimum atomic E-state index is -0.693. The Kier molecular flexibility index (Phi) is 4.81. The molecule has 1 aromatic rings. The molecule has 1 fully saturated rings. The Bertz CT molecular complexity index is 510. The van der Waals surface area contributed by atoms with Gasteiger partial charge in [-0.25, -0.2) is 4.79 Å². The van der Waals surface area contributed by atoms with Crippen LogP contribution in [0, 0.1) is 0 Å². The van der Waals surface area contributed by atoms with Crippen LogP contribution in [0.1, 0.15) is 58.4 Å². The Labute approximate surface area is 133 Å². The molecule has 1 aromatic carbocycles. The molecule has 4 heteroatoms. The van der Waals surface area contributed by atoms with E-state index in [2.05, 4.69) is 19.1 Å². The predicted octanol–water partition coefficient (Wildman–Crippen LogP) is 3.87. The van der Waals surface area contributed by atoms with Crippen molar-refractivity contribution in [2.75, 3.05) is 6.54 Å². The molecular formula is C18H28N2O2. The lowest BCUT2D eigenvalue weighted by atomic mass is 9.81. The van der Waals surface area contributed by atoms with Gasteiger partial charge in [-0.3, -0.25) is 4.90 Å². The molecule has 1 heterocycles. The van der Waals surface area contributed by atoms with Crippen molar-refractivity contribution in [3.8, 4) is 0 Å². The first kappa shape index (κ1) is 16.8. The normalized spacial score (nSPS) is 24.0. The fraction of sp³-hybridized carbons (Fsp3) is 0.611. The number of benzene rings is 1. The highest BCUT2D eigenvalue weighted by molar-refractivity contribution is 5.69. The van der Waals surface area contributed by atoms with Crippen LogP contribution in [0.2, 0.25) is 0 Å². The molecule has 0 aromatic heterocycles. The van der Waals surface area contributed by atoms with E-state index in [4.69, 9.17) is 10.5 Å². The summed E-state index contributed by atoms with van der Waals surface area (Å²) in [6, 6.07) is 10.2. The van der Waals surface area contributed by atoms with Crippen LogP contribution in [-0.2, 0) is 4.74 Å². The molecule has 4 nitrogen and oxygen atoms in total. The molecule has 2 N–H and O–H groups in total. The predicted molar refractivity (Wildman–Crippen MR) is 88.6 cm³/mol. The average Bonchev–Trinajstić information content (AvgIpc) is 2.46. The number of amides is 1. The zero-order valence-electron chi connectivity index (χ0n) is 14.1. The van der Waals surface area contributed by atoms with Crippen LogP contribution in [0.3, 0.4) is 0 Å². The standard InChI is InChI=1S/C18H28N2O2/c1-14(15-10-6-5-7-11-15)18(19)12-8-9-13-20(18)16(21)22-17(2,3)4/h5-7,10-11,14H,8-9,12-13,19H2,1-4H3. The van der Waals surface area contributed by atoms with E-state index in [9.17, 15) is 4.79 Å². The van der Waals surface area contributed by atoms with Crippen molar-refractivity contribution in [3.63, 3.8) is 0 Å². The minimum absolute atomic E-state index is 0.0570. The van der Waals surface area contributed by atoms with Gasteiger partial charge in [-0.2, -0.15) is 0 Å². The van der Waals surface area contributed by atoms with Crippen molar-refractivity contribution in [1.82, 2.24) is 4.90 Å². The van der Waals surface area contributed by atoms with Crippen molar-refractivity contribution in [1.29, 1.82) is 0 Å². The van der Waals surface area contributed by atoms with Crippen LogP contribution >= 0.6 is 0 Å². The molecule has 1 aliphatic heterocycles. The molecule has 2 atom stereocenters. The monoisotopic (exact) mass is 304 g/mol. The molecule has 22 heavy (non-hydrogen) atoms. The zero-order valence-corrected chi connectivity index (χ0v) is 14.1. The highest BCUT2D eigenvalue weighted by atomic mass is 16.6. The fourth-order valence-corrected chi connectivity index (χ4v) is 3.08. The summed E-state index contributed by atoms with van der Waals surface area (Å²) in [4.78, 5) is 14.3. The number of hydrogen-bond donors (Lipinski definition) is 1. The second kappa shape index (κ2) is 6.29. The average molecular weight is 304 g/mol. The first-order chi connectivity index (χ1) is 10.2. The second-order valence-corrected chi connectivity index (χ2v) is 7.21. The van der Waals surface area contributed by atoms with Gasteiger partial charge in [-0.1, -0.05) is 37.3 Å². The van der Waals surface area contributed by atoms with Crippen LogP contribution < -0.4 is 5.73 Å². The van der Waals surface area contributed by atoms with Gasteiger partial charge in [0.2, 0.25) is 0 Å². The van der Waals surface area contributed by atoms with Crippen molar-refractivity contribution in [2.24, 2.45) is 5.73 Å². The van der Waals surface area contributed by atoms with Gasteiger partial charge in [0.15, 0.2) is 0 Å². The number of nitrogens with two attached hydrogens (primary N) is 1. The van der Waals surface area contributed by atoms with Gasteiger partial charge in [0.25, 0.3) is 0 Å². The van der Waals surface area contributed by atoms with Gasteiger partial charge >= 0.3 is 6.09 Å². The molecule has 0 radical (unpaired) electrons. The maximum absolute atomic E-state index is 12.6. The lowest BCUT2D eigenvalue weighted by Crippen LogP contribution is -2.63. The number of carbonyl (C=O) groups excluding carboxylic acids is 1. The number of carbonyl (C=O) groups is 1. The maximum atomic E-state index is 12.6. The molecule has 0 bridgehead atoms. The number of ether oxygens (including phenoxy) is 1. The van der Waals surface area contributed by atoms with E-state index >= 15 is 0 Å². The van der Waals surface area contributed by atoms with Crippen molar-refractivity contribution >= 4 is 6.09 Å². The summed E-state index contributed by atoms with van der Waals surface area (Å²) in [5, 5.41) is 0. The van der Waals surface area contributed by atoms with Crippen molar-refractivity contribution < 1.29 is 9.53 Å². The van der Waals surface area contributed by atoms with Gasteiger partial charge in [0.05, 0.1) is 0 Å². The summed E-state index contributed by atoms with van der Waals surface area (Å²) < 4.78 is 5.57. The van der Waals surface area contributed by atoms with Crippen LogP contribution in [0.25, 0.3) is 0 Å². The molecule has 0 aliphatic carbocycles. The fourth-order valence-electron chi connectivity index (χ4n) is 3.08. The Hall–Kier alpha value is -1.55.